The second-order valence-corrected chi connectivity index (χ2v) is 10.0. The van der Waals surface area contributed by atoms with Gasteiger partial charge in [-0.05, 0) is 62.8 Å². The average Bonchev–Trinajstić information content (AvgIpc) is 3.06. The summed E-state index contributed by atoms with van der Waals surface area (Å²) in [7, 11) is 0. The molecule has 2 fully saturated rings. The van der Waals surface area contributed by atoms with Crippen LogP contribution in [0.15, 0.2) is 0 Å². The second kappa shape index (κ2) is 8.61. The predicted octanol–water partition coefficient (Wildman–Crippen LogP) is 2.95. The molecule has 1 aliphatic heterocycles. The molecule has 1 saturated carbocycles. The molecule has 0 bridgehead atoms. The van der Waals surface area contributed by atoms with Crippen LogP contribution in [-0.4, -0.2) is 40.7 Å². The van der Waals surface area contributed by atoms with E-state index < -0.39 is 23.4 Å². The van der Waals surface area contributed by atoms with E-state index in [-0.39, 0.29) is 12.5 Å². The summed E-state index contributed by atoms with van der Waals surface area (Å²) in [6.45, 7) is 1.77. The van der Waals surface area contributed by atoms with Gasteiger partial charge in [-0.15, -0.1) is 11.3 Å². The van der Waals surface area contributed by atoms with Crippen LogP contribution in [0.4, 0.5) is 9.80 Å². The Morgan fingerprint density at radius 3 is 2.58 bits per heavy atom. The minimum Gasteiger partial charge on any atom is -0.365 e. The molecule has 0 unspecified atom stereocenters. The monoisotopic (exact) mass is 446 g/mol. The molecule has 1 saturated heterocycles. The lowest BCUT2D eigenvalue weighted by Crippen LogP contribution is -2.49. The predicted molar refractivity (Wildman–Crippen MR) is 118 cm³/mol. The molecule has 1 aromatic rings. The fourth-order valence-electron chi connectivity index (χ4n) is 5.14. The molecule has 2 heterocycles. The van der Waals surface area contributed by atoms with E-state index in [2.05, 4.69) is 17.6 Å². The van der Waals surface area contributed by atoms with Crippen LogP contribution in [0.2, 0.25) is 0 Å². The van der Waals surface area contributed by atoms with Crippen molar-refractivity contribution < 1.29 is 19.2 Å². The summed E-state index contributed by atoms with van der Waals surface area (Å²) in [5, 5.41) is 6.02. The quantitative estimate of drug-likeness (QED) is 0.475. The molecule has 0 atom stereocenters. The molecule has 0 aromatic carbocycles. The number of imide groups is 1. The van der Waals surface area contributed by atoms with E-state index >= 15 is 0 Å². The first-order chi connectivity index (χ1) is 14.8. The van der Waals surface area contributed by atoms with Gasteiger partial charge >= 0.3 is 6.03 Å². The first-order valence-corrected chi connectivity index (χ1v) is 12.0. The number of primary amides is 1. The number of nitrogens with zero attached hydrogens (tertiary/aromatic N) is 1. The van der Waals surface area contributed by atoms with Crippen LogP contribution in [0.5, 0.6) is 0 Å². The van der Waals surface area contributed by atoms with Gasteiger partial charge in [0, 0.05) is 4.88 Å². The Kier molecular flexibility index (Phi) is 6.05. The van der Waals surface area contributed by atoms with E-state index in [1.165, 1.54) is 11.3 Å². The molecule has 2 aliphatic carbocycles. The maximum absolute atomic E-state index is 13.0. The number of rotatable bonds is 5. The number of fused-ring (bicyclic) bond motifs is 1. The lowest BCUT2D eigenvalue weighted by Gasteiger charge is -2.34. The summed E-state index contributed by atoms with van der Waals surface area (Å²) in [5.41, 5.74) is 6.06. The molecule has 1 spiro atoms. The molecule has 168 valence electrons. The van der Waals surface area contributed by atoms with Crippen LogP contribution in [-0.2, 0) is 22.4 Å². The molecule has 5 amide bonds. The average molecular weight is 447 g/mol. The highest BCUT2D eigenvalue weighted by Crippen LogP contribution is 2.39. The van der Waals surface area contributed by atoms with Gasteiger partial charge in [-0.1, -0.05) is 19.8 Å². The molecule has 4 N–H and O–H groups in total. The van der Waals surface area contributed by atoms with Crippen LogP contribution in [0.1, 0.15) is 79.1 Å². The fraction of sp³-hybridized carbons (Fsp3) is 0.636. The lowest BCUT2D eigenvalue weighted by atomic mass is 9.75. The van der Waals surface area contributed by atoms with Crippen molar-refractivity contribution in [3.05, 3.63) is 16.0 Å². The van der Waals surface area contributed by atoms with Gasteiger partial charge in [0.15, 0.2) is 0 Å². The molecular formula is C22H30N4O4S. The number of thiophene rings is 1. The molecule has 31 heavy (non-hydrogen) atoms. The second-order valence-electron chi connectivity index (χ2n) is 8.94. The zero-order chi connectivity index (χ0) is 22.2. The maximum atomic E-state index is 13.0. The normalized spacial score (nSPS) is 25.8. The zero-order valence-corrected chi connectivity index (χ0v) is 18.7. The van der Waals surface area contributed by atoms with Gasteiger partial charge in [-0.25, -0.2) is 4.79 Å². The van der Waals surface area contributed by atoms with Gasteiger partial charge < -0.3 is 16.4 Å². The Balaban J connectivity index is 1.46. The van der Waals surface area contributed by atoms with Crippen LogP contribution in [0, 0.1) is 5.92 Å². The molecule has 9 heteroatoms. The Labute approximate surface area is 185 Å². The minimum absolute atomic E-state index is 0.320. The Hall–Kier alpha value is -2.42. The number of nitrogens with one attached hydrogen (secondary N) is 2. The molecule has 1 aromatic heterocycles. The van der Waals surface area contributed by atoms with Gasteiger partial charge in [-0.2, -0.15) is 0 Å². The summed E-state index contributed by atoms with van der Waals surface area (Å²) in [5.74, 6) is -0.800. The van der Waals surface area contributed by atoms with E-state index in [9.17, 15) is 19.2 Å². The summed E-state index contributed by atoms with van der Waals surface area (Å²) < 4.78 is 0. The molecule has 3 aliphatic rings. The van der Waals surface area contributed by atoms with E-state index in [1.807, 2.05) is 0 Å². The third-order valence-electron chi connectivity index (χ3n) is 7.00. The smallest absolute Gasteiger partial charge is 0.325 e. The standard InChI is InChI=1S/C22H30N4O4S/c1-2-13-8-10-22(11-9-13)20(29)26(21(30)25-22)12-16(27)24-19-17(18(23)28)14-6-4-3-5-7-15(14)31-19/h13H,2-12H2,1H3,(H2,23,28)(H,24,27)(H,25,30). The van der Waals surface area contributed by atoms with Crippen molar-refractivity contribution in [2.24, 2.45) is 11.7 Å². The van der Waals surface area contributed by atoms with Gasteiger partial charge in [0.1, 0.15) is 17.1 Å². The maximum Gasteiger partial charge on any atom is 0.325 e. The van der Waals surface area contributed by atoms with E-state index in [1.54, 1.807) is 0 Å². The van der Waals surface area contributed by atoms with Crippen molar-refractivity contribution in [1.29, 1.82) is 0 Å². The van der Waals surface area contributed by atoms with Gasteiger partial charge in [-0.3, -0.25) is 19.3 Å². The largest absolute Gasteiger partial charge is 0.365 e. The number of hydrogen-bond donors (Lipinski definition) is 3. The highest BCUT2D eigenvalue weighted by Gasteiger charge is 2.52. The van der Waals surface area contributed by atoms with Crippen molar-refractivity contribution in [3.8, 4) is 0 Å². The van der Waals surface area contributed by atoms with Gasteiger partial charge in [0.05, 0.1) is 5.56 Å². The number of amides is 5. The summed E-state index contributed by atoms with van der Waals surface area (Å²) in [6, 6.07) is -0.521. The number of urea groups is 1. The topological polar surface area (TPSA) is 122 Å². The lowest BCUT2D eigenvalue weighted by molar-refractivity contribution is -0.135. The highest BCUT2D eigenvalue weighted by atomic mass is 32.1. The van der Waals surface area contributed by atoms with Crippen LogP contribution in [0.3, 0.4) is 0 Å². The van der Waals surface area contributed by atoms with Crippen molar-refractivity contribution in [1.82, 2.24) is 10.2 Å². The molecule has 8 nitrogen and oxygen atoms in total. The van der Waals surface area contributed by atoms with Crippen LogP contribution < -0.4 is 16.4 Å². The molecular weight excluding hydrogens is 416 g/mol. The zero-order valence-electron chi connectivity index (χ0n) is 17.9. The van der Waals surface area contributed by atoms with E-state index in [4.69, 9.17) is 5.73 Å². The van der Waals surface area contributed by atoms with Gasteiger partial charge in [0.2, 0.25) is 5.91 Å². The van der Waals surface area contributed by atoms with Crippen LogP contribution in [0.25, 0.3) is 0 Å². The number of nitrogens with two attached hydrogens (primary N) is 1. The fourth-order valence-corrected chi connectivity index (χ4v) is 6.45. The number of carbonyl (C=O) groups excluding carboxylic acids is 4. The first kappa shape index (κ1) is 21.8. The van der Waals surface area contributed by atoms with E-state index in [0.29, 0.717) is 29.3 Å². The third-order valence-corrected chi connectivity index (χ3v) is 8.21. The number of carbonyl (C=O) groups is 4. The Morgan fingerprint density at radius 2 is 1.90 bits per heavy atom. The van der Waals surface area contributed by atoms with Crippen molar-refractivity contribution >= 4 is 40.1 Å². The van der Waals surface area contributed by atoms with Crippen molar-refractivity contribution in [2.45, 2.75) is 76.7 Å². The number of aryl methyl sites for hydroxylation is 1. The van der Waals surface area contributed by atoms with Gasteiger partial charge in [0.25, 0.3) is 11.8 Å². The van der Waals surface area contributed by atoms with Crippen molar-refractivity contribution in [2.75, 3.05) is 11.9 Å². The number of anilines is 1. The first-order valence-electron chi connectivity index (χ1n) is 11.2. The summed E-state index contributed by atoms with van der Waals surface area (Å²) in [4.78, 5) is 52.5. The van der Waals surface area contributed by atoms with E-state index in [0.717, 1.165) is 66.7 Å². The number of hydrogen-bond acceptors (Lipinski definition) is 5. The SMILES string of the molecule is CCC1CCC2(CC1)NC(=O)N(CC(=O)Nc1sc3c(c1C(N)=O)CCCCC3)C2=O. The van der Waals surface area contributed by atoms with Crippen molar-refractivity contribution in [3.63, 3.8) is 0 Å². The Morgan fingerprint density at radius 1 is 1.19 bits per heavy atom. The minimum atomic E-state index is -0.873. The highest BCUT2D eigenvalue weighted by molar-refractivity contribution is 7.17. The Bertz CT molecular complexity index is 917. The summed E-state index contributed by atoms with van der Waals surface area (Å²) >= 11 is 1.38. The molecule has 0 radical (unpaired) electrons. The third kappa shape index (κ3) is 4.07. The summed E-state index contributed by atoms with van der Waals surface area (Å²) in [6.07, 6.45) is 8.85. The molecule has 4 rings (SSSR count). The van der Waals surface area contributed by atoms with Crippen LogP contribution >= 0.6 is 11.3 Å².